The van der Waals surface area contributed by atoms with Gasteiger partial charge in [0.25, 0.3) is 0 Å². The maximum absolute atomic E-state index is 4.21. The standard InChI is InChI=1S/C17H26N4/c1-13(16-20-18-12-21(16)5)19-15(11-17(2,3)4)14-9-7-6-8-10-14/h6-10,12-13,15,19H,11H2,1-5H3. The van der Waals surface area contributed by atoms with Gasteiger partial charge in [-0.05, 0) is 24.3 Å². The molecule has 1 heterocycles. The number of aromatic nitrogens is 3. The first-order chi connectivity index (χ1) is 9.87. The van der Waals surface area contributed by atoms with E-state index in [9.17, 15) is 0 Å². The molecule has 0 amide bonds. The third-order valence-corrected chi connectivity index (χ3v) is 3.60. The summed E-state index contributed by atoms with van der Waals surface area (Å²) < 4.78 is 1.97. The van der Waals surface area contributed by atoms with Crippen molar-refractivity contribution in [2.75, 3.05) is 0 Å². The highest BCUT2D eigenvalue weighted by molar-refractivity contribution is 5.19. The molecular formula is C17H26N4. The Bertz CT molecular complexity index is 554. The van der Waals surface area contributed by atoms with Gasteiger partial charge in [0.05, 0.1) is 6.04 Å². The van der Waals surface area contributed by atoms with Crippen LogP contribution in [0.2, 0.25) is 0 Å². The van der Waals surface area contributed by atoms with E-state index in [0.717, 1.165) is 12.2 Å². The van der Waals surface area contributed by atoms with Crippen molar-refractivity contribution in [3.05, 3.63) is 48.0 Å². The lowest BCUT2D eigenvalue weighted by atomic mass is 9.85. The first-order valence-electron chi connectivity index (χ1n) is 7.52. The quantitative estimate of drug-likeness (QED) is 0.912. The van der Waals surface area contributed by atoms with Crippen molar-refractivity contribution in [1.29, 1.82) is 0 Å². The van der Waals surface area contributed by atoms with Gasteiger partial charge in [-0.25, -0.2) is 0 Å². The lowest BCUT2D eigenvalue weighted by Gasteiger charge is -2.29. The van der Waals surface area contributed by atoms with Crippen LogP contribution in [0.15, 0.2) is 36.7 Å². The zero-order valence-electron chi connectivity index (χ0n) is 13.7. The summed E-state index contributed by atoms with van der Waals surface area (Å²) in [5.41, 5.74) is 1.58. The second-order valence-electron chi connectivity index (χ2n) is 6.92. The average molecular weight is 286 g/mol. The molecule has 2 atom stereocenters. The van der Waals surface area contributed by atoms with E-state index >= 15 is 0 Å². The van der Waals surface area contributed by atoms with Crippen LogP contribution in [0.25, 0.3) is 0 Å². The third-order valence-electron chi connectivity index (χ3n) is 3.60. The van der Waals surface area contributed by atoms with Gasteiger partial charge in [-0.1, -0.05) is 51.1 Å². The Morgan fingerprint density at radius 3 is 2.38 bits per heavy atom. The van der Waals surface area contributed by atoms with E-state index in [4.69, 9.17) is 0 Å². The average Bonchev–Trinajstić information content (AvgIpc) is 2.84. The smallest absolute Gasteiger partial charge is 0.149 e. The van der Waals surface area contributed by atoms with Crippen LogP contribution in [-0.2, 0) is 7.05 Å². The third kappa shape index (κ3) is 4.39. The van der Waals surface area contributed by atoms with Crippen LogP contribution >= 0.6 is 0 Å². The van der Waals surface area contributed by atoms with Crippen molar-refractivity contribution in [3.8, 4) is 0 Å². The second-order valence-corrected chi connectivity index (χ2v) is 6.92. The fraction of sp³-hybridized carbons (Fsp3) is 0.529. The number of benzene rings is 1. The summed E-state index contributed by atoms with van der Waals surface area (Å²) in [5.74, 6) is 0.963. The van der Waals surface area contributed by atoms with Crippen molar-refractivity contribution in [3.63, 3.8) is 0 Å². The molecule has 21 heavy (non-hydrogen) atoms. The summed E-state index contributed by atoms with van der Waals surface area (Å²) in [6.07, 6.45) is 2.81. The molecule has 4 heteroatoms. The molecule has 0 saturated carbocycles. The van der Waals surface area contributed by atoms with Crippen LogP contribution in [-0.4, -0.2) is 14.8 Å². The minimum absolute atomic E-state index is 0.157. The van der Waals surface area contributed by atoms with Crippen LogP contribution in [0, 0.1) is 5.41 Å². The summed E-state index contributed by atoms with van der Waals surface area (Å²) in [6, 6.07) is 11.1. The van der Waals surface area contributed by atoms with Crippen molar-refractivity contribution in [1.82, 2.24) is 20.1 Å². The molecule has 4 nitrogen and oxygen atoms in total. The molecule has 1 aromatic heterocycles. The van der Waals surface area contributed by atoms with E-state index in [0.29, 0.717) is 6.04 Å². The molecule has 1 aromatic carbocycles. The lowest BCUT2D eigenvalue weighted by molar-refractivity contribution is 0.293. The fourth-order valence-corrected chi connectivity index (χ4v) is 2.63. The Labute approximate surface area is 127 Å². The second kappa shape index (κ2) is 6.39. The Kier molecular flexibility index (Phi) is 4.78. The summed E-state index contributed by atoms with van der Waals surface area (Å²) in [4.78, 5) is 0. The van der Waals surface area contributed by atoms with E-state index in [1.54, 1.807) is 6.33 Å². The number of nitrogens with zero attached hydrogens (tertiary/aromatic N) is 3. The number of rotatable bonds is 5. The molecule has 2 unspecified atom stereocenters. The van der Waals surface area contributed by atoms with Crippen LogP contribution in [0.1, 0.15) is 57.6 Å². The zero-order chi connectivity index (χ0) is 15.5. The van der Waals surface area contributed by atoms with E-state index in [1.807, 2.05) is 11.6 Å². The molecular weight excluding hydrogens is 260 g/mol. The van der Waals surface area contributed by atoms with E-state index in [1.165, 1.54) is 5.56 Å². The number of hydrogen-bond donors (Lipinski definition) is 1. The van der Waals surface area contributed by atoms with Gasteiger partial charge in [-0.15, -0.1) is 10.2 Å². The summed E-state index contributed by atoms with van der Waals surface area (Å²) in [7, 11) is 1.98. The Hall–Kier alpha value is -1.68. The van der Waals surface area contributed by atoms with Gasteiger partial charge in [0, 0.05) is 13.1 Å². The molecule has 0 aliphatic heterocycles. The van der Waals surface area contributed by atoms with Crippen molar-refractivity contribution < 1.29 is 0 Å². The molecule has 2 rings (SSSR count). The van der Waals surface area contributed by atoms with Crippen molar-refractivity contribution >= 4 is 0 Å². The minimum atomic E-state index is 0.157. The zero-order valence-corrected chi connectivity index (χ0v) is 13.7. The van der Waals surface area contributed by atoms with Crippen molar-refractivity contribution in [2.45, 2.75) is 46.2 Å². The maximum atomic E-state index is 4.21. The molecule has 0 fully saturated rings. The molecule has 1 N–H and O–H groups in total. The van der Waals surface area contributed by atoms with E-state index in [-0.39, 0.29) is 11.5 Å². The topological polar surface area (TPSA) is 42.7 Å². The van der Waals surface area contributed by atoms with Crippen LogP contribution < -0.4 is 5.32 Å². The molecule has 0 radical (unpaired) electrons. The summed E-state index contributed by atoms with van der Waals surface area (Å²) in [5, 5.41) is 11.9. The van der Waals surface area contributed by atoms with Gasteiger partial charge in [-0.2, -0.15) is 0 Å². The van der Waals surface area contributed by atoms with Crippen LogP contribution in [0.3, 0.4) is 0 Å². The minimum Gasteiger partial charge on any atom is -0.319 e. The van der Waals surface area contributed by atoms with Gasteiger partial charge in [-0.3, -0.25) is 0 Å². The first kappa shape index (κ1) is 15.7. The highest BCUT2D eigenvalue weighted by Crippen LogP contribution is 2.31. The van der Waals surface area contributed by atoms with Crippen LogP contribution in [0.4, 0.5) is 0 Å². The number of aryl methyl sites for hydroxylation is 1. The van der Waals surface area contributed by atoms with Crippen LogP contribution in [0.5, 0.6) is 0 Å². The molecule has 114 valence electrons. The Morgan fingerprint density at radius 2 is 1.86 bits per heavy atom. The van der Waals surface area contributed by atoms with Gasteiger partial charge in [0.1, 0.15) is 12.2 Å². The number of hydrogen-bond acceptors (Lipinski definition) is 3. The Morgan fingerprint density at radius 1 is 1.19 bits per heavy atom. The first-order valence-corrected chi connectivity index (χ1v) is 7.52. The summed E-state index contributed by atoms with van der Waals surface area (Å²) >= 11 is 0. The molecule has 0 saturated heterocycles. The Balaban J connectivity index is 2.18. The predicted octanol–water partition coefficient (Wildman–Crippen LogP) is 3.64. The largest absolute Gasteiger partial charge is 0.319 e. The lowest BCUT2D eigenvalue weighted by Crippen LogP contribution is -2.29. The van der Waals surface area contributed by atoms with Crippen molar-refractivity contribution in [2.24, 2.45) is 12.5 Å². The van der Waals surface area contributed by atoms with Gasteiger partial charge >= 0.3 is 0 Å². The fourth-order valence-electron chi connectivity index (χ4n) is 2.63. The highest BCUT2D eigenvalue weighted by Gasteiger charge is 2.23. The molecule has 0 bridgehead atoms. The summed E-state index contributed by atoms with van der Waals surface area (Å²) in [6.45, 7) is 8.97. The van der Waals surface area contributed by atoms with E-state index in [2.05, 4.69) is 73.5 Å². The molecule has 0 spiro atoms. The molecule has 0 aliphatic carbocycles. The molecule has 2 aromatic rings. The van der Waals surface area contributed by atoms with Gasteiger partial charge in [0.15, 0.2) is 0 Å². The van der Waals surface area contributed by atoms with E-state index < -0.39 is 0 Å². The SMILES string of the molecule is CC(NC(CC(C)(C)C)c1ccccc1)c1nncn1C. The van der Waals surface area contributed by atoms with Gasteiger partial charge < -0.3 is 9.88 Å². The molecule has 0 aliphatic rings. The highest BCUT2D eigenvalue weighted by atomic mass is 15.3. The van der Waals surface area contributed by atoms with Gasteiger partial charge in [0.2, 0.25) is 0 Å². The normalized spacial score (nSPS) is 14.9. The predicted molar refractivity (Wildman–Crippen MR) is 85.8 cm³/mol. The number of nitrogens with one attached hydrogen (secondary N) is 1. The maximum Gasteiger partial charge on any atom is 0.149 e. The monoisotopic (exact) mass is 286 g/mol.